The molecule has 4 heteroatoms. The Balaban J connectivity index is 1.96. The number of fused-ring (bicyclic) bond motifs is 1. The fourth-order valence-electron chi connectivity index (χ4n) is 2.96. The van der Waals surface area contributed by atoms with Gasteiger partial charge in [0.1, 0.15) is 0 Å². The van der Waals surface area contributed by atoms with E-state index in [4.69, 9.17) is 4.74 Å². The van der Waals surface area contributed by atoms with E-state index in [1.807, 2.05) is 0 Å². The van der Waals surface area contributed by atoms with Crippen molar-refractivity contribution in [3.63, 3.8) is 0 Å². The summed E-state index contributed by atoms with van der Waals surface area (Å²) in [6.45, 7) is 5.91. The van der Waals surface area contributed by atoms with Crippen molar-refractivity contribution in [2.45, 2.75) is 45.1 Å². The van der Waals surface area contributed by atoms with Crippen LogP contribution in [-0.2, 0) is 16.0 Å². The first-order chi connectivity index (χ1) is 10.6. The molecular weight excluding hydrogens is 276 g/mol. The molecule has 22 heavy (non-hydrogen) atoms. The zero-order valence-corrected chi connectivity index (χ0v) is 13.9. The molecule has 122 valence electrons. The number of nitrogens with one attached hydrogen (secondary N) is 2. The molecule has 0 unspecified atom stereocenters. The molecule has 0 saturated heterocycles. The van der Waals surface area contributed by atoms with Gasteiger partial charge in [-0.3, -0.25) is 4.79 Å². The highest BCUT2D eigenvalue weighted by atomic mass is 16.5. The minimum Gasteiger partial charge on any atom is -0.383 e. The lowest BCUT2D eigenvalue weighted by molar-refractivity contribution is -0.120. The van der Waals surface area contributed by atoms with Crippen LogP contribution >= 0.6 is 0 Å². The molecule has 0 aliphatic heterocycles. The summed E-state index contributed by atoms with van der Waals surface area (Å²) in [6.07, 6.45) is 3.42. The van der Waals surface area contributed by atoms with Gasteiger partial charge in [0.05, 0.1) is 13.2 Å². The fraction of sp³-hybridized carbons (Fsp3) is 0.611. The molecule has 1 aromatic rings. The van der Waals surface area contributed by atoms with Gasteiger partial charge in [0, 0.05) is 19.7 Å². The Morgan fingerprint density at radius 2 is 2.23 bits per heavy atom. The van der Waals surface area contributed by atoms with Gasteiger partial charge in [-0.2, -0.15) is 0 Å². The van der Waals surface area contributed by atoms with E-state index in [1.165, 1.54) is 23.1 Å². The first-order valence-corrected chi connectivity index (χ1v) is 8.23. The Kier molecular flexibility index (Phi) is 6.40. The first kappa shape index (κ1) is 17.0. The van der Waals surface area contributed by atoms with Crippen molar-refractivity contribution in [1.82, 2.24) is 10.6 Å². The van der Waals surface area contributed by atoms with Crippen LogP contribution in [-0.4, -0.2) is 32.7 Å². The lowest BCUT2D eigenvalue weighted by Gasteiger charge is -2.27. The molecule has 1 aliphatic carbocycles. The van der Waals surface area contributed by atoms with Crippen molar-refractivity contribution < 1.29 is 9.53 Å². The van der Waals surface area contributed by atoms with E-state index < -0.39 is 0 Å². The maximum absolute atomic E-state index is 11.8. The number of methoxy groups -OCH3 is 1. The fourth-order valence-corrected chi connectivity index (χ4v) is 2.96. The average Bonchev–Trinajstić information content (AvgIpc) is 2.52. The Morgan fingerprint density at radius 1 is 1.41 bits per heavy atom. The van der Waals surface area contributed by atoms with E-state index in [0.29, 0.717) is 25.6 Å². The van der Waals surface area contributed by atoms with Crippen molar-refractivity contribution in [3.05, 3.63) is 34.9 Å². The number of aryl methyl sites for hydroxylation is 1. The standard InChI is InChI=1S/C18H28N2O2/c1-13(2)15-8-7-14-5-4-6-17(16(14)11-15)20-12-18(21)19-9-10-22-3/h7-8,11,13,17,20H,4-6,9-10,12H2,1-3H3,(H,19,21)/t17-/m1/s1. The zero-order chi connectivity index (χ0) is 15.9. The van der Waals surface area contributed by atoms with E-state index in [2.05, 4.69) is 42.7 Å². The molecular formula is C18H28N2O2. The van der Waals surface area contributed by atoms with Gasteiger partial charge in [-0.15, -0.1) is 0 Å². The van der Waals surface area contributed by atoms with Gasteiger partial charge in [0.25, 0.3) is 0 Å². The van der Waals surface area contributed by atoms with Crippen LogP contribution in [0.2, 0.25) is 0 Å². The summed E-state index contributed by atoms with van der Waals surface area (Å²) in [7, 11) is 1.63. The minimum absolute atomic E-state index is 0.0317. The largest absolute Gasteiger partial charge is 0.383 e. The van der Waals surface area contributed by atoms with Crippen LogP contribution in [0.5, 0.6) is 0 Å². The summed E-state index contributed by atoms with van der Waals surface area (Å²) in [5, 5.41) is 6.27. The smallest absolute Gasteiger partial charge is 0.234 e. The van der Waals surface area contributed by atoms with Crippen molar-refractivity contribution in [2.75, 3.05) is 26.8 Å². The highest BCUT2D eigenvalue weighted by Gasteiger charge is 2.21. The van der Waals surface area contributed by atoms with Crippen LogP contribution in [0.25, 0.3) is 0 Å². The Morgan fingerprint density at radius 3 is 2.95 bits per heavy atom. The number of ether oxygens (including phenoxy) is 1. The first-order valence-electron chi connectivity index (χ1n) is 8.23. The van der Waals surface area contributed by atoms with Gasteiger partial charge < -0.3 is 15.4 Å². The third kappa shape index (κ3) is 4.55. The van der Waals surface area contributed by atoms with Crippen molar-refractivity contribution in [3.8, 4) is 0 Å². The summed E-state index contributed by atoms with van der Waals surface area (Å²) in [5.74, 6) is 0.564. The summed E-state index contributed by atoms with van der Waals surface area (Å²) >= 11 is 0. The van der Waals surface area contributed by atoms with Gasteiger partial charge in [-0.05, 0) is 41.9 Å². The molecule has 1 atom stereocenters. The third-order valence-electron chi connectivity index (χ3n) is 4.29. The normalized spacial score (nSPS) is 17.4. The molecule has 2 N–H and O–H groups in total. The van der Waals surface area contributed by atoms with Crippen molar-refractivity contribution in [2.24, 2.45) is 0 Å². The topological polar surface area (TPSA) is 50.4 Å². The van der Waals surface area contributed by atoms with E-state index >= 15 is 0 Å². The molecule has 0 radical (unpaired) electrons. The minimum atomic E-state index is 0.0317. The molecule has 1 amide bonds. The molecule has 0 saturated carbocycles. The lowest BCUT2D eigenvalue weighted by Crippen LogP contribution is -2.38. The van der Waals surface area contributed by atoms with E-state index in [1.54, 1.807) is 7.11 Å². The zero-order valence-electron chi connectivity index (χ0n) is 13.9. The maximum Gasteiger partial charge on any atom is 0.234 e. The highest BCUT2D eigenvalue weighted by molar-refractivity contribution is 5.78. The second-order valence-electron chi connectivity index (χ2n) is 6.28. The number of carbonyl (C=O) groups is 1. The predicted molar refractivity (Wildman–Crippen MR) is 89.1 cm³/mol. The second-order valence-corrected chi connectivity index (χ2v) is 6.28. The van der Waals surface area contributed by atoms with Crippen LogP contribution in [0.3, 0.4) is 0 Å². The van der Waals surface area contributed by atoms with E-state index in [0.717, 1.165) is 12.8 Å². The van der Waals surface area contributed by atoms with Crippen LogP contribution in [0.15, 0.2) is 18.2 Å². The number of carbonyl (C=O) groups excluding carboxylic acids is 1. The van der Waals surface area contributed by atoms with E-state index in [-0.39, 0.29) is 11.9 Å². The Bertz CT molecular complexity index is 500. The number of hydrogen-bond donors (Lipinski definition) is 2. The number of rotatable bonds is 7. The predicted octanol–water partition coefficient (Wildman–Crippen LogP) is 2.54. The second kappa shape index (κ2) is 8.30. The number of benzene rings is 1. The van der Waals surface area contributed by atoms with E-state index in [9.17, 15) is 4.79 Å². The molecule has 1 aliphatic rings. The van der Waals surface area contributed by atoms with Gasteiger partial charge in [-0.25, -0.2) is 0 Å². The average molecular weight is 304 g/mol. The van der Waals surface area contributed by atoms with Crippen molar-refractivity contribution in [1.29, 1.82) is 0 Å². The van der Waals surface area contributed by atoms with Crippen LogP contribution < -0.4 is 10.6 Å². The van der Waals surface area contributed by atoms with Crippen LogP contribution in [0.1, 0.15) is 55.3 Å². The monoisotopic (exact) mass is 304 g/mol. The van der Waals surface area contributed by atoms with Gasteiger partial charge in [0.15, 0.2) is 0 Å². The molecule has 1 aromatic carbocycles. The molecule has 2 rings (SSSR count). The summed E-state index contributed by atoms with van der Waals surface area (Å²) in [4.78, 5) is 11.8. The van der Waals surface area contributed by atoms with Gasteiger partial charge in [-0.1, -0.05) is 32.0 Å². The van der Waals surface area contributed by atoms with Crippen LogP contribution in [0.4, 0.5) is 0 Å². The summed E-state index contributed by atoms with van der Waals surface area (Å²) in [6, 6.07) is 7.11. The SMILES string of the molecule is COCCNC(=O)CN[C@@H]1CCCc2ccc(C(C)C)cc21. The van der Waals surface area contributed by atoms with Gasteiger partial charge >= 0.3 is 0 Å². The molecule has 0 aromatic heterocycles. The quantitative estimate of drug-likeness (QED) is 0.761. The lowest BCUT2D eigenvalue weighted by atomic mass is 9.85. The molecule has 0 spiro atoms. The van der Waals surface area contributed by atoms with Crippen LogP contribution in [0, 0.1) is 0 Å². The molecule has 4 nitrogen and oxygen atoms in total. The summed E-state index contributed by atoms with van der Waals surface area (Å²) < 4.78 is 4.93. The number of hydrogen-bond acceptors (Lipinski definition) is 3. The maximum atomic E-state index is 11.8. The van der Waals surface area contributed by atoms with Crippen molar-refractivity contribution >= 4 is 5.91 Å². The molecule has 0 fully saturated rings. The third-order valence-corrected chi connectivity index (χ3v) is 4.29. The Labute approximate surface area is 133 Å². The number of amides is 1. The highest BCUT2D eigenvalue weighted by Crippen LogP contribution is 2.31. The molecule has 0 bridgehead atoms. The molecule has 0 heterocycles. The summed E-state index contributed by atoms with van der Waals surface area (Å²) in [5.41, 5.74) is 4.17. The van der Waals surface area contributed by atoms with Gasteiger partial charge in [0.2, 0.25) is 5.91 Å². The Hall–Kier alpha value is -1.39.